The van der Waals surface area contributed by atoms with Crippen molar-refractivity contribution in [3.8, 4) is 22.6 Å². The fraction of sp³-hybridized carbons (Fsp3) is 0.273. The van der Waals surface area contributed by atoms with Crippen molar-refractivity contribution in [2.24, 2.45) is 5.92 Å². The number of ketones is 1. The van der Waals surface area contributed by atoms with Crippen molar-refractivity contribution in [1.82, 2.24) is 4.98 Å². The zero-order valence-corrected chi connectivity index (χ0v) is 15.3. The monoisotopic (exact) mass is 335 g/mol. The minimum atomic E-state index is 0.227. The number of oxazole rings is 1. The van der Waals surface area contributed by atoms with E-state index < -0.39 is 0 Å². The molecule has 1 heterocycles. The lowest BCUT2D eigenvalue weighted by atomic mass is 10.1. The van der Waals surface area contributed by atoms with Gasteiger partial charge in [-0.05, 0) is 0 Å². The van der Waals surface area contributed by atoms with Gasteiger partial charge in [-0.3, -0.25) is 4.79 Å². The first kappa shape index (κ1) is 18.7. The van der Waals surface area contributed by atoms with Crippen molar-refractivity contribution < 1.29 is 9.21 Å². The van der Waals surface area contributed by atoms with E-state index >= 15 is 0 Å². The molecule has 3 nitrogen and oxygen atoms in total. The Balaban J connectivity index is 0.000000277. The number of hydrogen-bond donors (Lipinski definition) is 0. The van der Waals surface area contributed by atoms with E-state index in [0.717, 1.165) is 22.6 Å². The summed E-state index contributed by atoms with van der Waals surface area (Å²) in [6.45, 7) is 7.61. The third-order valence-electron chi connectivity index (χ3n) is 3.81. The minimum Gasteiger partial charge on any atom is -0.440 e. The average molecular weight is 335 g/mol. The molecule has 1 aromatic heterocycles. The van der Waals surface area contributed by atoms with Crippen LogP contribution in [0.25, 0.3) is 22.6 Å². The van der Waals surface area contributed by atoms with Gasteiger partial charge >= 0.3 is 0 Å². The normalized spacial score (nSPS) is 10.3. The van der Waals surface area contributed by atoms with Crippen LogP contribution in [0.4, 0.5) is 0 Å². The topological polar surface area (TPSA) is 43.1 Å². The van der Waals surface area contributed by atoms with Crippen molar-refractivity contribution in [1.29, 1.82) is 0 Å². The Morgan fingerprint density at radius 2 is 1.48 bits per heavy atom. The van der Waals surface area contributed by atoms with Crippen LogP contribution in [0.2, 0.25) is 0 Å². The smallest absolute Gasteiger partial charge is 0.192 e. The second-order valence-electron chi connectivity index (χ2n) is 6.12. The molecule has 3 heteroatoms. The van der Waals surface area contributed by atoms with Gasteiger partial charge in [-0.15, -0.1) is 0 Å². The molecule has 0 amide bonds. The van der Waals surface area contributed by atoms with E-state index in [0.29, 0.717) is 18.1 Å². The van der Waals surface area contributed by atoms with Crippen LogP contribution in [0.1, 0.15) is 33.1 Å². The van der Waals surface area contributed by atoms with Crippen molar-refractivity contribution in [2.45, 2.75) is 34.1 Å². The van der Waals surface area contributed by atoms with Crippen LogP contribution in [0.5, 0.6) is 0 Å². The molecule has 0 unspecified atom stereocenters. The van der Waals surface area contributed by atoms with Gasteiger partial charge < -0.3 is 4.42 Å². The molecule has 0 aliphatic carbocycles. The Bertz CT molecular complexity index is 732. The van der Waals surface area contributed by atoms with E-state index in [2.05, 4.69) is 4.98 Å². The molecule has 130 valence electrons. The second kappa shape index (κ2) is 8.97. The molecule has 0 bridgehead atoms. The highest BCUT2D eigenvalue weighted by Crippen LogP contribution is 2.32. The quantitative estimate of drug-likeness (QED) is 0.592. The predicted octanol–water partition coefficient (Wildman–Crippen LogP) is 5.94. The zero-order chi connectivity index (χ0) is 18.2. The standard InChI is InChI=1S/C16H13NO.C6H12O/c1-12-17-15(13-8-4-2-5-9-13)16(18-12)14-10-6-3-7-11-14;1-4-6(7)5(2)3/h2-11H,1H3;5H,4H2,1-3H3. The van der Waals surface area contributed by atoms with Gasteiger partial charge in [0.15, 0.2) is 11.7 Å². The predicted molar refractivity (Wildman–Crippen MR) is 102 cm³/mol. The molecule has 0 aliphatic rings. The number of nitrogens with zero attached hydrogens (tertiary/aromatic N) is 1. The first-order valence-corrected chi connectivity index (χ1v) is 8.63. The summed E-state index contributed by atoms with van der Waals surface area (Å²) < 4.78 is 5.74. The minimum absolute atomic E-state index is 0.227. The van der Waals surface area contributed by atoms with Gasteiger partial charge in [0.05, 0.1) is 0 Å². The van der Waals surface area contributed by atoms with Crippen molar-refractivity contribution >= 4 is 5.78 Å². The van der Waals surface area contributed by atoms with Crippen molar-refractivity contribution in [3.05, 3.63) is 66.6 Å². The average Bonchev–Trinajstić information content (AvgIpc) is 3.05. The third-order valence-corrected chi connectivity index (χ3v) is 3.81. The number of aryl methyl sites for hydroxylation is 1. The van der Waals surface area contributed by atoms with Crippen LogP contribution in [0.15, 0.2) is 65.1 Å². The number of Topliss-reactive ketones (excluding diaryl/α,β-unsaturated/α-hetero) is 1. The maximum Gasteiger partial charge on any atom is 0.192 e. The second-order valence-corrected chi connectivity index (χ2v) is 6.12. The van der Waals surface area contributed by atoms with Gasteiger partial charge in [0.2, 0.25) is 0 Å². The summed E-state index contributed by atoms with van der Waals surface area (Å²) in [4.78, 5) is 15.0. The molecule has 0 fully saturated rings. The first-order valence-electron chi connectivity index (χ1n) is 8.63. The molecular weight excluding hydrogens is 310 g/mol. The van der Waals surface area contributed by atoms with E-state index in [4.69, 9.17) is 4.42 Å². The Kier molecular flexibility index (Phi) is 6.70. The molecular formula is C22H25NO2. The van der Waals surface area contributed by atoms with Crippen LogP contribution in [-0.2, 0) is 4.79 Å². The summed E-state index contributed by atoms with van der Waals surface area (Å²) in [5, 5.41) is 0. The first-order chi connectivity index (χ1) is 12.0. The highest BCUT2D eigenvalue weighted by Gasteiger charge is 2.14. The number of hydrogen-bond acceptors (Lipinski definition) is 3. The number of carbonyl (C=O) groups is 1. The zero-order valence-electron chi connectivity index (χ0n) is 15.3. The fourth-order valence-electron chi connectivity index (χ4n) is 2.41. The van der Waals surface area contributed by atoms with Gasteiger partial charge in [-0.2, -0.15) is 0 Å². The summed E-state index contributed by atoms with van der Waals surface area (Å²) in [5.74, 6) is 2.09. The molecule has 0 spiro atoms. The highest BCUT2D eigenvalue weighted by molar-refractivity contribution is 5.79. The lowest BCUT2D eigenvalue weighted by molar-refractivity contribution is -0.121. The van der Waals surface area contributed by atoms with Crippen LogP contribution >= 0.6 is 0 Å². The van der Waals surface area contributed by atoms with E-state index in [1.807, 2.05) is 88.4 Å². The molecule has 0 N–H and O–H groups in total. The van der Waals surface area contributed by atoms with Crippen molar-refractivity contribution in [3.63, 3.8) is 0 Å². The summed E-state index contributed by atoms with van der Waals surface area (Å²) >= 11 is 0. The summed E-state index contributed by atoms with van der Waals surface area (Å²) in [7, 11) is 0. The van der Waals surface area contributed by atoms with E-state index in [1.165, 1.54) is 0 Å². The van der Waals surface area contributed by atoms with Crippen LogP contribution < -0.4 is 0 Å². The summed E-state index contributed by atoms with van der Waals surface area (Å²) in [6, 6.07) is 20.2. The van der Waals surface area contributed by atoms with Gasteiger partial charge in [0, 0.05) is 30.4 Å². The van der Waals surface area contributed by atoms with Crippen molar-refractivity contribution in [2.75, 3.05) is 0 Å². The lowest BCUT2D eigenvalue weighted by Crippen LogP contribution is -2.03. The Labute approximate surface area is 149 Å². The number of carbonyl (C=O) groups excluding carboxylic acids is 1. The van der Waals surface area contributed by atoms with Gasteiger partial charge in [-0.25, -0.2) is 4.98 Å². The highest BCUT2D eigenvalue weighted by atomic mass is 16.4. The molecule has 0 atom stereocenters. The van der Waals surface area contributed by atoms with Gasteiger partial charge in [-0.1, -0.05) is 81.4 Å². The fourth-order valence-corrected chi connectivity index (χ4v) is 2.41. The maximum atomic E-state index is 10.5. The lowest BCUT2D eigenvalue weighted by Gasteiger charge is -2.00. The number of aromatic nitrogens is 1. The molecule has 25 heavy (non-hydrogen) atoms. The molecule has 2 aromatic carbocycles. The molecule has 0 radical (unpaired) electrons. The number of benzene rings is 2. The van der Waals surface area contributed by atoms with E-state index in [1.54, 1.807) is 0 Å². The molecule has 0 aliphatic heterocycles. The van der Waals surface area contributed by atoms with Crippen LogP contribution in [0, 0.1) is 12.8 Å². The molecule has 0 saturated heterocycles. The van der Waals surface area contributed by atoms with Crippen LogP contribution in [0.3, 0.4) is 0 Å². The van der Waals surface area contributed by atoms with Crippen LogP contribution in [-0.4, -0.2) is 10.8 Å². The molecule has 3 rings (SSSR count). The Hall–Kier alpha value is -2.68. The van der Waals surface area contributed by atoms with E-state index in [-0.39, 0.29) is 5.92 Å². The van der Waals surface area contributed by atoms with E-state index in [9.17, 15) is 4.79 Å². The SMILES string of the molecule is CCC(=O)C(C)C.Cc1nc(-c2ccccc2)c(-c2ccccc2)o1. The third kappa shape index (κ3) is 5.15. The summed E-state index contributed by atoms with van der Waals surface area (Å²) in [6.07, 6.45) is 0.678. The Morgan fingerprint density at radius 3 is 1.92 bits per heavy atom. The number of rotatable bonds is 4. The molecule has 0 saturated carbocycles. The molecule has 3 aromatic rings. The summed E-state index contributed by atoms with van der Waals surface area (Å²) in [5.41, 5.74) is 3.03. The Morgan fingerprint density at radius 1 is 0.960 bits per heavy atom. The van der Waals surface area contributed by atoms with Gasteiger partial charge in [0.1, 0.15) is 11.5 Å². The maximum absolute atomic E-state index is 10.5. The van der Waals surface area contributed by atoms with Gasteiger partial charge in [0.25, 0.3) is 0 Å². The largest absolute Gasteiger partial charge is 0.440 e.